The lowest BCUT2D eigenvalue weighted by atomic mass is 9.85. The quantitative estimate of drug-likeness (QED) is 0.438. The number of rotatable bonds is 5. The van der Waals surface area contributed by atoms with Gasteiger partial charge >= 0.3 is 5.69 Å². The predicted molar refractivity (Wildman–Crippen MR) is 126 cm³/mol. The molecular formula is C22H18Cl2N4O3S. The summed E-state index contributed by atoms with van der Waals surface area (Å²) in [5.41, 5.74) is 0.578. The van der Waals surface area contributed by atoms with Crippen LogP contribution < -0.4 is 11.2 Å². The number of hydrogen-bond donors (Lipinski definition) is 2. The van der Waals surface area contributed by atoms with Gasteiger partial charge in [-0.2, -0.15) is 9.78 Å². The van der Waals surface area contributed by atoms with Crippen molar-refractivity contribution in [2.45, 2.75) is 25.9 Å². The Morgan fingerprint density at radius 3 is 2.38 bits per heavy atom. The van der Waals surface area contributed by atoms with Crippen LogP contribution >= 0.6 is 34.5 Å². The molecule has 0 saturated heterocycles. The highest BCUT2D eigenvalue weighted by atomic mass is 35.5. The van der Waals surface area contributed by atoms with Crippen molar-refractivity contribution in [3.8, 4) is 16.9 Å². The van der Waals surface area contributed by atoms with Crippen LogP contribution in [0.4, 0.5) is 0 Å². The molecule has 4 aromatic rings. The zero-order valence-corrected chi connectivity index (χ0v) is 19.4. The van der Waals surface area contributed by atoms with Crippen molar-refractivity contribution in [1.82, 2.24) is 19.7 Å². The number of aromatic amines is 1. The predicted octanol–water partition coefficient (Wildman–Crippen LogP) is 4.17. The molecule has 0 unspecified atom stereocenters. The van der Waals surface area contributed by atoms with Gasteiger partial charge < -0.3 is 5.11 Å². The first kappa shape index (κ1) is 22.4. The summed E-state index contributed by atoms with van der Waals surface area (Å²) in [6.45, 7) is 3.75. The van der Waals surface area contributed by atoms with Gasteiger partial charge in [0, 0.05) is 26.6 Å². The molecule has 2 heterocycles. The summed E-state index contributed by atoms with van der Waals surface area (Å²) < 4.78 is 1.01. The second-order valence-electron chi connectivity index (χ2n) is 7.58. The molecular weight excluding hydrogens is 471 g/mol. The Labute approximate surface area is 196 Å². The molecule has 2 N–H and O–H groups in total. The monoisotopic (exact) mass is 488 g/mol. The fourth-order valence-electron chi connectivity index (χ4n) is 3.47. The van der Waals surface area contributed by atoms with E-state index in [-0.39, 0.29) is 6.61 Å². The van der Waals surface area contributed by atoms with E-state index < -0.39 is 16.7 Å². The molecule has 2 aromatic carbocycles. The summed E-state index contributed by atoms with van der Waals surface area (Å²) in [5, 5.41) is 15.1. The van der Waals surface area contributed by atoms with E-state index in [2.05, 4.69) is 10.1 Å². The van der Waals surface area contributed by atoms with Crippen molar-refractivity contribution < 1.29 is 5.11 Å². The Kier molecular flexibility index (Phi) is 6.05. The third kappa shape index (κ3) is 4.02. The van der Waals surface area contributed by atoms with Gasteiger partial charge in [-0.3, -0.25) is 9.78 Å². The average Bonchev–Trinajstić information content (AvgIpc) is 3.19. The van der Waals surface area contributed by atoms with E-state index in [0.29, 0.717) is 27.0 Å². The van der Waals surface area contributed by atoms with Crippen LogP contribution in [0.3, 0.4) is 0 Å². The fourth-order valence-corrected chi connectivity index (χ4v) is 5.47. The third-order valence-electron chi connectivity index (χ3n) is 5.03. The van der Waals surface area contributed by atoms with Gasteiger partial charge in [-0.15, -0.1) is 11.3 Å². The Bertz CT molecular complexity index is 1390. The number of aliphatic hydroxyl groups is 1. The van der Waals surface area contributed by atoms with E-state index in [4.69, 9.17) is 28.2 Å². The third-order valence-corrected chi connectivity index (χ3v) is 6.99. The Morgan fingerprint density at radius 2 is 1.78 bits per heavy atom. The summed E-state index contributed by atoms with van der Waals surface area (Å²) >= 11 is 14.6. The van der Waals surface area contributed by atoms with Gasteiger partial charge in [0.1, 0.15) is 11.2 Å². The summed E-state index contributed by atoms with van der Waals surface area (Å²) in [6, 6.07) is 12.8. The van der Waals surface area contributed by atoms with E-state index in [1.54, 1.807) is 12.1 Å². The van der Waals surface area contributed by atoms with Crippen molar-refractivity contribution in [2.24, 2.45) is 0 Å². The smallest absolute Gasteiger partial charge is 0.349 e. The first-order chi connectivity index (χ1) is 15.2. The Hall–Kier alpha value is -2.78. The minimum absolute atomic E-state index is 0.140. The average molecular weight is 489 g/mol. The first-order valence-corrected chi connectivity index (χ1v) is 11.1. The van der Waals surface area contributed by atoms with Crippen LogP contribution in [-0.2, 0) is 12.0 Å². The maximum atomic E-state index is 12.1. The Morgan fingerprint density at radius 1 is 1.12 bits per heavy atom. The van der Waals surface area contributed by atoms with Gasteiger partial charge in [0.2, 0.25) is 0 Å². The molecule has 4 rings (SSSR count). The lowest BCUT2D eigenvalue weighted by molar-refractivity contribution is 0.286. The van der Waals surface area contributed by atoms with Crippen molar-refractivity contribution in [3.63, 3.8) is 0 Å². The largest absolute Gasteiger partial charge is 0.391 e. The number of benzene rings is 2. The number of aliphatic hydroxyl groups excluding tert-OH is 1. The SMILES string of the molecule is CC(C)(c1nc(-c2ccccc2)c(CO)s1)c1c(Cl)cc(-n2ncc(=O)[nH]c2=O)cc1Cl. The molecule has 7 nitrogen and oxygen atoms in total. The first-order valence-electron chi connectivity index (χ1n) is 9.57. The topological polar surface area (TPSA) is 101 Å². The van der Waals surface area contributed by atoms with E-state index >= 15 is 0 Å². The normalized spacial score (nSPS) is 11.7. The lowest BCUT2D eigenvalue weighted by Gasteiger charge is -2.26. The maximum Gasteiger partial charge on any atom is 0.349 e. The molecule has 0 atom stereocenters. The maximum absolute atomic E-state index is 12.1. The van der Waals surface area contributed by atoms with Gasteiger partial charge in [-0.05, 0) is 26.0 Å². The van der Waals surface area contributed by atoms with Gasteiger partial charge in [0.05, 0.1) is 22.9 Å². The second-order valence-corrected chi connectivity index (χ2v) is 9.47. The molecule has 0 aliphatic carbocycles. The van der Waals surface area contributed by atoms with Crippen molar-refractivity contribution in [1.29, 1.82) is 0 Å². The summed E-state index contributed by atoms with van der Waals surface area (Å²) in [7, 11) is 0. The number of aromatic nitrogens is 4. The molecule has 0 saturated carbocycles. The highest BCUT2D eigenvalue weighted by molar-refractivity contribution is 7.12. The molecule has 0 bridgehead atoms. The summed E-state index contributed by atoms with van der Waals surface area (Å²) in [6.07, 6.45) is 0.998. The molecule has 0 amide bonds. The molecule has 0 aliphatic rings. The molecule has 164 valence electrons. The second kappa shape index (κ2) is 8.63. The minimum atomic E-state index is -0.698. The highest BCUT2D eigenvalue weighted by Crippen LogP contribution is 2.44. The van der Waals surface area contributed by atoms with Crippen molar-refractivity contribution in [3.05, 3.63) is 95.0 Å². The number of nitrogens with one attached hydrogen (secondary N) is 1. The molecule has 0 radical (unpaired) electrons. The van der Waals surface area contributed by atoms with E-state index in [9.17, 15) is 14.7 Å². The standard InChI is InChI=1S/C22H18Cl2N4O3S/c1-22(2,20-27-19(16(11-29)32-20)12-6-4-3-5-7-12)18-14(23)8-13(9-15(18)24)28-21(31)26-17(30)10-25-28/h3-10,29H,11H2,1-2H3,(H,26,30,31). The van der Waals surface area contributed by atoms with E-state index in [1.165, 1.54) is 11.3 Å². The number of thiazole rings is 1. The van der Waals surface area contributed by atoms with Gasteiger partial charge in [-0.25, -0.2) is 9.78 Å². The van der Waals surface area contributed by atoms with Gasteiger partial charge in [0.25, 0.3) is 5.56 Å². The number of halogens is 2. The number of hydrogen-bond acceptors (Lipinski definition) is 6. The number of H-pyrrole nitrogens is 1. The highest BCUT2D eigenvalue weighted by Gasteiger charge is 2.33. The zero-order chi connectivity index (χ0) is 23.0. The van der Waals surface area contributed by atoms with Crippen LogP contribution in [0.25, 0.3) is 16.9 Å². The number of nitrogens with zero attached hydrogens (tertiary/aromatic N) is 3. The van der Waals surface area contributed by atoms with Crippen LogP contribution in [0.5, 0.6) is 0 Å². The molecule has 2 aromatic heterocycles. The molecule has 32 heavy (non-hydrogen) atoms. The summed E-state index contributed by atoms with van der Waals surface area (Å²) in [5.74, 6) is 0. The van der Waals surface area contributed by atoms with Crippen LogP contribution in [0.15, 0.2) is 58.3 Å². The van der Waals surface area contributed by atoms with E-state index in [0.717, 1.165) is 26.3 Å². The van der Waals surface area contributed by atoms with Crippen LogP contribution in [0, 0.1) is 0 Å². The summed E-state index contributed by atoms with van der Waals surface area (Å²) in [4.78, 5) is 31.1. The van der Waals surface area contributed by atoms with Crippen molar-refractivity contribution in [2.75, 3.05) is 0 Å². The van der Waals surface area contributed by atoms with Gasteiger partial charge in [0.15, 0.2) is 0 Å². The van der Waals surface area contributed by atoms with Gasteiger partial charge in [-0.1, -0.05) is 53.5 Å². The molecule has 0 spiro atoms. The molecule has 0 fully saturated rings. The minimum Gasteiger partial charge on any atom is -0.391 e. The molecule has 0 aliphatic heterocycles. The lowest BCUT2D eigenvalue weighted by Crippen LogP contribution is -2.30. The van der Waals surface area contributed by atoms with Crippen molar-refractivity contribution >= 4 is 34.5 Å². The Balaban J connectivity index is 1.82. The van der Waals surface area contributed by atoms with E-state index in [1.807, 2.05) is 44.2 Å². The zero-order valence-electron chi connectivity index (χ0n) is 17.1. The molecule has 10 heteroatoms. The van der Waals surface area contributed by atoms with Crippen LogP contribution in [0.1, 0.15) is 29.3 Å². The van der Waals surface area contributed by atoms with Crippen LogP contribution in [0.2, 0.25) is 10.0 Å². The fraction of sp³-hybridized carbons (Fsp3) is 0.182. The van der Waals surface area contributed by atoms with Crippen LogP contribution in [-0.4, -0.2) is 24.9 Å².